The predicted molar refractivity (Wildman–Crippen MR) is 105 cm³/mol. The van der Waals surface area contributed by atoms with Gasteiger partial charge in [-0.25, -0.2) is 0 Å². The van der Waals surface area contributed by atoms with Crippen LogP contribution in [0.3, 0.4) is 0 Å². The van der Waals surface area contributed by atoms with Crippen LogP contribution in [0, 0.1) is 0 Å². The lowest BCUT2D eigenvalue weighted by Crippen LogP contribution is -2.33. The van der Waals surface area contributed by atoms with E-state index in [4.69, 9.17) is 4.74 Å². The van der Waals surface area contributed by atoms with Crippen molar-refractivity contribution in [2.75, 3.05) is 30.8 Å². The highest BCUT2D eigenvalue weighted by molar-refractivity contribution is 8.04. The first-order valence-electron chi connectivity index (χ1n) is 9.28. The maximum Gasteiger partial charge on any atom is 0.265 e. The summed E-state index contributed by atoms with van der Waals surface area (Å²) >= 11 is 1.52. The first-order chi connectivity index (χ1) is 12.6. The van der Waals surface area contributed by atoms with Crippen LogP contribution in [0.15, 0.2) is 34.9 Å². The summed E-state index contributed by atoms with van der Waals surface area (Å²) in [7, 11) is 0. The van der Waals surface area contributed by atoms with E-state index in [1.54, 1.807) is 0 Å². The van der Waals surface area contributed by atoms with Crippen molar-refractivity contribution in [1.82, 2.24) is 4.90 Å². The molecule has 1 aromatic rings. The molecule has 140 valence electrons. The number of nitrogens with one attached hydrogen (secondary N) is 1. The molecule has 6 heteroatoms. The zero-order valence-electron chi connectivity index (χ0n) is 15.3. The summed E-state index contributed by atoms with van der Waals surface area (Å²) in [5.41, 5.74) is 1.70. The molecule has 1 N–H and O–H groups in total. The van der Waals surface area contributed by atoms with Crippen molar-refractivity contribution in [2.45, 2.75) is 39.0 Å². The molecule has 2 heterocycles. The molecule has 26 heavy (non-hydrogen) atoms. The van der Waals surface area contributed by atoms with E-state index in [2.05, 4.69) is 5.32 Å². The van der Waals surface area contributed by atoms with Crippen molar-refractivity contribution in [1.29, 1.82) is 0 Å². The van der Waals surface area contributed by atoms with Gasteiger partial charge in [-0.2, -0.15) is 0 Å². The summed E-state index contributed by atoms with van der Waals surface area (Å²) in [5, 5.41) is 2.90. The summed E-state index contributed by atoms with van der Waals surface area (Å²) in [6, 6.07) is 7.54. The topological polar surface area (TPSA) is 58.6 Å². The number of hydrogen-bond donors (Lipinski definition) is 1. The largest absolute Gasteiger partial charge is 0.496 e. The van der Waals surface area contributed by atoms with Crippen LogP contribution in [0.1, 0.15) is 38.2 Å². The Bertz CT molecular complexity index is 677. The van der Waals surface area contributed by atoms with Crippen molar-refractivity contribution in [3.63, 3.8) is 0 Å². The highest BCUT2D eigenvalue weighted by atomic mass is 32.2. The molecule has 3 rings (SSSR count). The molecule has 0 spiro atoms. The van der Waals surface area contributed by atoms with Gasteiger partial charge in [-0.3, -0.25) is 9.59 Å². The smallest absolute Gasteiger partial charge is 0.265 e. The molecule has 1 aromatic carbocycles. The summed E-state index contributed by atoms with van der Waals surface area (Å²) < 4.78 is 5.43. The molecule has 0 aromatic heterocycles. The molecule has 2 aliphatic heterocycles. The number of hydrogen-bond acceptors (Lipinski definition) is 4. The molecule has 0 aliphatic carbocycles. The zero-order chi connectivity index (χ0) is 18.4. The molecule has 0 saturated carbocycles. The number of allylic oxidation sites excluding steroid dienone is 1. The van der Waals surface area contributed by atoms with E-state index in [0.29, 0.717) is 23.7 Å². The van der Waals surface area contributed by atoms with Gasteiger partial charge in [0.05, 0.1) is 13.0 Å². The number of likely N-dealkylation sites (tertiary alicyclic amines) is 1. The monoisotopic (exact) mass is 374 g/mol. The van der Waals surface area contributed by atoms with Crippen molar-refractivity contribution in [3.05, 3.63) is 40.5 Å². The Morgan fingerprint density at radius 2 is 1.81 bits per heavy atom. The van der Waals surface area contributed by atoms with Gasteiger partial charge in [0.1, 0.15) is 10.7 Å². The molecule has 1 fully saturated rings. The third-order valence-electron chi connectivity index (χ3n) is 4.70. The SMILES string of the molecule is CC1=C(C(=O)Nc2ccc(CC(=O)N3CCCCCC3)cc2)SCCO1. The van der Waals surface area contributed by atoms with Crippen LogP contribution < -0.4 is 5.32 Å². The summed E-state index contributed by atoms with van der Waals surface area (Å²) in [5.74, 6) is 1.52. The lowest BCUT2D eigenvalue weighted by Gasteiger charge is -2.20. The van der Waals surface area contributed by atoms with Gasteiger partial charge in [0.25, 0.3) is 5.91 Å². The Morgan fingerprint density at radius 1 is 1.12 bits per heavy atom. The van der Waals surface area contributed by atoms with Crippen molar-refractivity contribution < 1.29 is 14.3 Å². The second-order valence-electron chi connectivity index (χ2n) is 6.71. The maximum atomic E-state index is 12.5. The lowest BCUT2D eigenvalue weighted by molar-refractivity contribution is -0.130. The Balaban J connectivity index is 1.56. The van der Waals surface area contributed by atoms with Crippen molar-refractivity contribution in [3.8, 4) is 0 Å². The Hall–Kier alpha value is -1.95. The molecular weight excluding hydrogens is 348 g/mol. The van der Waals surface area contributed by atoms with E-state index in [9.17, 15) is 9.59 Å². The number of nitrogens with zero attached hydrogens (tertiary/aromatic N) is 1. The molecule has 0 radical (unpaired) electrons. The predicted octanol–water partition coefficient (Wildman–Crippen LogP) is 3.57. The fraction of sp³-hybridized carbons (Fsp3) is 0.500. The van der Waals surface area contributed by atoms with Gasteiger partial charge < -0.3 is 15.0 Å². The number of thioether (sulfide) groups is 1. The minimum atomic E-state index is -0.138. The standard InChI is InChI=1S/C20H26N2O3S/c1-15-19(26-13-12-25-15)20(24)21-17-8-6-16(7-9-17)14-18(23)22-10-4-2-3-5-11-22/h6-9H,2-5,10-14H2,1H3,(H,21,24). The molecule has 0 bridgehead atoms. The number of rotatable bonds is 4. The number of carbonyl (C=O) groups excluding carboxylic acids is 2. The summed E-state index contributed by atoms with van der Waals surface area (Å²) in [6.07, 6.45) is 5.07. The molecule has 5 nitrogen and oxygen atoms in total. The van der Waals surface area contributed by atoms with Crippen LogP contribution >= 0.6 is 11.8 Å². The fourth-order valence-electron chi connectivity index (χ4n) is 3.23. The van der Waals surface area contributed by atoms with E-state index in [1.165, 1.54) is 24.6 Å². The summed E-state index contributed by atoms with van der Waals surface area (Å²) in [4.78, 5) is 27.4. The average molecular weight is 375 g/mol. The van der Waals surface area contributed by atoms with E-state index >= 15 is 0 Å². The number of amides is 2. The van der Waals surface area contributed by atoms with Gasteiger partial charge in [-0.05, 0) is 37.5 Å². The van der Waals surface area contributed by atoms with Gasteiger partial charge in [0, 0.05) is 24.5 Å². The Labute approximate surface area is 159 Å². The van der Waals surface area contributed by atoms with Crippen molar-refractivity contribution >= 4 is 29.3 Å². The van der Waals surface area contributed by atoms with Gasteiger partial charge >= 0.3 is 0 Å². The lowest BCUT2D eigenvalue weighted by atomic mass is 10.1. The maximum absolute atomic E-state index is 12.5. The van der Waals surface area contributed by atoms with Crippen molar-refractivity contribution in [2.24, 2.45) is 0 Å². The number of benzene rings is 1. The normalized spacial score (nSPS) is 18.1. The van der Waals surface area contributed by atoms with Crippen LogP contribution in [-0.4, -0.2) is 42.2 Å². The summed E-state index contributed by atoms with van der Waals surface area (Å²) in [6.45, 7) is 4.22. The second kappa shape index (κ2) is 9.12. The third-order valence-corrected chi connectivity index (χ3v) is 5.83. The Kier molecular flexibility index (Phi) is 6.61. The van der Waals surface area contributed by atoms with Gasteiger partial charge in [-0.1, -0.05) is 25.0 Å². The van der Waals surface area contributed by atoms with E-state index in [0.717, 1.165) is 42.9 Å². The van der Waals surface area contributed by atoms with Crippen LogP contribution in [-0.2, 0) is 20.7 Å². The van der Waals surface area contributed by atoms with Gasteiger partial charge in [0.15, 0.2) is 0 Å². The quantitative estimate of drug-likeness (QED) is 0.875. The average Bonchev–Trinajstić information content (AvgIpc) is 2.93. The minimum absolute atomic E-state index is 0.138. The van der Waals surface area contributed by atoms with Crippen LogP contribution in [0.5, 0.6) is 0 Å². The zero-order valence-corrected chi connectivity index (χ0v) is 16.1. The molecule has 1 saturated heterocycles. The number of ether oxygens (including phenoxy) is 1. The molecule has 2 amide bonds. The van der Waals surface area contributed by atoms with Crippen LogP contribution in [0.4, 0.5) is 5.69 Å². The molecule has 0 atom stereocenters. The number of carbonyl (C=O) groups is 2. The Morgan fingerprint density at radius 3 is 2.46 bits per heavy atom. The van der Waals surface area contributed by atoms with Gasteiger partial charge in [-0.15, -0.1) is 11.8 Å². The number of anilines is 1. The molecule has 0 unspecified atom stereocenters. The highest BCUT2D eigenvalue weighted by Gasteiger charge is 2.19. The first-order valence-corrected chi connectivity index (χ1v) is 10.3. The van der Waals surface area contributed by atoms with Crippen LogP contribution in [0.25, 0.3) is 0 Å². The minimum Gasteiger partial charge on any atom is -0.496 e. The van der Waals surface area contributed by atoms with E-state index in [-0.39, 0.29) is 11.8 Å². The fourth-order valence-corrected chi connectivity index (χ4v) is 4.05. The first kappa shape index (κ1) is 18.8. The highest BCUT2D eigenvalue weighted by Crippen LogP contribution is 2.26. The molecular formula is C20H26N2O3S. The third kappa shape index (κ3) is 5.04. The van der Waals surface area contributed by atoms with E-state index < -0.39 is 0 Å². The van der Waals surface area contributed by atoms with Gasteiger partial charge in [0.2, 0.25) is 5.91 Å². The van der Waals surface area contributed by atoms with Crippen LogP contribution in [0.2, 0.25) is 0 Å². The second-order valence-corrected chi connectivity index (χ2v) is 7.81. The van der Waals surface area contributed by atoms with E-state index in [1.807, 2.05) is 36.1 Å². The molecule has 2 aliphatic rings.